The first-order valence-corrected chi connectivity index (χ1v) is 6.81. The first-order valence-electron chi connectivity index (χ1n) is 6.37. The van der Waals surface area contributed by atoms with E-state index in [9.17, 15) is 0 Å². The minimum Gasteiger partial charge on any atom is -0.379 e. The zero-order valence-electron chi connectivity index (χ0n) is 10.7. The van der Waals surface area contributed by atoms with Crippen LogP contribution in [0, 0.1) is 6.92 Å². The van der Waals surface area contributed by atoms with E-state index >= 15 is 0 Å². The van der Waals surface area contributed by atoms with Crippen molar-refractivity contribution >= 4 is 22.6 Å². The van der Waals surface area contributed by atoms with Gasteiger partial charge in [0, 0.05) is 6.61 Å². The molecule has 0 saturated carbocycles. The summed E-state index contributed by atoms with van der Waals surface area (Å²) in [6.07, 6.45) is 1.04. The Morgan fingerprint density at radius 1 is 1.50 bits per heavy atom. The Kier molecular flexibility index (Phi) is 3.04. The van der Waals surface area contributed by atoms with Crippen LogP contribution in [0.1, 0.15) is 36.2 Å². The average molecular weight is 265 g/mol. The highest BCUT2D eigenvalue weighted by molar-refractivity contribution is 6.20. The maximum Gasteiger partial charge on any atom is 0.128 e. The zero-order chi connectivity index (χ0) is 12.7. The van der Waals surface area contributed by atoms with Gasteiger partial charge in [-0.25, -0.2) is 4.98 Å². The molecule has 0 radical (unpaired) electrons. The number of imidazole rings is 1. The third kappa shape index (κ3) is 1.91. The van der Waals surface area contributed by atoms with Crippen molar-refractivity contribution < 1.29 is 4.74 Å². The third-order valence-corrected chi connectivity index (χ3v) is 3.69. The molecule has 0 aliphatic carbocycles. The van der Waals surface area contributed by atoms with E-state index in [4.69, 9.17) is 21.3 Å². The highest BCUT2D eigenvalue weighted by Gasteiger charge is 2.24. The van der Waals surface area contributed by atoms with Crippen LogP contribution in [0.25, 0.3) is 11.0 Å². The van der Waals surface area contributed by atoms with Crippen molar-refractivity contribution in [3.05, 3.63) is 29.6 Å². The van der Waals surface area contributed by atoms with Crippen molar-refractivity contribution in [2.45, 2.75) is 31.7 Å². The molecule has 2 atom stereocenters. The highest BCUT2D eigenvalue weighted by Crippen LogP contribution is 2.31. The second-order valence-corrected chi connectivity index (χ2v) is 5.62. The quantitative estimate of drug-likeness (QED) is 0.775. The van der Waals surface area contributed by atoms with Gasteiger partial charge in [0.2, 0.25) is 0 Å². The summed E-state index contributed by atoms with van der Waals surface area (Å²) in [4.78, 5) is 4.69. The molecular weight excluding hydrogens is 248 g/mol. The normalized spacial score (nSPS) is 21.6. The largest absolute Gasteiger partial charge is 0.379 e. The molecule has 1 aromatic carbocycles. The topological polar surface area (TPSA) is 27.1 Å². The molecule has 1 fully saturated rings. The molecule has 0 N–H and O–H groups in total. The lowest BCUT2D eigenvalue weighted by Gasteiger charge is -2.16. The van der Waals surface area contributed by atoms with Gasteiger partial charge in [0.05, 0.1) is 29.1 Å². The smallest absolute Gasteiger partial charge is 0.128 e. The van der Waals surface area contributed by atoms with Crippen LogP contribution in [0.15, 0.2) is 18.2 Å². The molecule has 0 spiro atoms. The van der Waals surface area contributed by atoms with Crippen LogP contribution < -0.4 is 0 Å². The van der Waals surface area contributed by atoms with Crippen LogP contribution in [0.2, 0.25) is 0 Å². The summed E-state index contributed by atoms with van der Waals surface area (Å²) in [5, 5.41) is -0.0849. The van der Waals surface area contributed by atoms with Crippen molar-refractivity contribution in [2.75, 3.05) is 13.2 Å². The number of benzene rings is 1. The molecule has 1 aromatic heterocycles. The molecule has 4 heteroatoms. The summed E-state index contributed by atoms with van der Waals surface area (Å²) < 4.78 is 7.76. The predicted molar refractivity (Wildman–Crippen MR) is 73.2 cm³/mol. The van der Waals surface area contributed by atoms with E-state index < -0.39 is 0 Å². The number of halogens is 1. The minimum atomic E-state index is -0.0849. The van der Waals surface area contributed by atoms with Gasteiger partial charge in [-0.2, -0.15) is 0 Å². The fourth-order valence-electron chi connectivity index (χ4n) is 2.62. The van der Waals surface area contributed by atoms with Crippen LogP contribution in [-0.2, 0) is 4.74 Å². The Bertz CT molecular complexity index is 570. The molecule has 0 amide bonds. The number of nitrogens with zero attached hydrogens (tertiary/aromatic N) is 2. The summed E-state index contributed by atoms with van der Waals surface area (Å²) in [6.45, 7) is 5.64. The van der Waals surface area contributed by atoms with E-state index in [1.54, 1.807) is 0 Å². The van der Waals surface area contributed by atoms with Crippen molar-refractivity contribution in [3.63, 3.8) is 0 Å². The van der Waals surface area contributed by atoms with Crippen LogP contribution >= 0.6 is 11.6 Å². The summed E-state index contributed by atoms with van der Waals surface area (Å²) in [5.74, 6) is 0.952. The molecular formula is C14H17ClN2O. The van der Waals surface area contributed by atoms with Gasteiger partial charge in [-0.15, -0.1) is 11.6 Å². The van der Waals surface area contributed by atoms with Crippen molar-refractivity contribution in [1.29, 1.82) is 0 Å². The number of fused-ring (bicyclic) bond motifs is 1. The van der Waals surface area contributed by atoms with E-state index in [0.717, 1.165) is 31.0 Å². The maximum absolute atomic E-state index is 6.27. The first-order chi connectivity index (χ1) is 8.66. The maximum atomic E-state index is 6.27. The number of hydrogen-bond acceptors (Lipinski definition) is 2. The number of aromatic nitrogens is 2. The van der Waals surface area contributed by atoms with E-state index in [1.807, 2.05) is 6.92 Å². The molecule has 3 nitrogen and oxygen atoms in total. The van der Waals surface area contributed by atoms with E-state index in [-0.39, 0.29) is 5.38 Å². The van der Waals surface area contributed by atoms with Crippen LogP contribution in [0.5, 0.6) is 0 Å². The molecule has 2 aromatic rings. The molecule has 96 valence electrons. The second-order valence-electron chi connectivity index (χ2n) is 4.97. The Morgan fingerprint density at radius 3 is 3.00 bits per heavy atom. The molecule has 1 aliphatic heterocycles. The summed E-state index contributed by atoms with van der Waals surface area (Å²) >= 11 is 6.27. The molecule has 1 aliphatic rings. The van der Waals surface area contributed by atoms with Gasteiger partial charge in [0.15, 0.2) is 0 Å². The number of rotatable bonds is 2. The Balaban J connectivity index is 2.21. The Hall–Kier alpha value is -1.06. The van der Waals surface area contributed by atoms with Gasteiger partial charge < -0.3 is 9.30 Å². The lowest BCUT2D eigenvalue weighted by atomic mass is 10.2. The molecule has 1 saturated heterocycles. The Labute approximate surface area is 112 Å². The standard InChI is InChI=1S/C14H17ClN2O/c1-9-3-4-13-12(7-9)16-14(10(2)15)17(13)11-5-6-18-8-11/h3-4,7,10-11H,5-6,8H2,1-2H3. The monoisotopic (exact) mass is 264 g/mol. The molecule has 18 heavy (non-hydrogen) atoms. The highest BCUT2D eigenvalue weighted by atomic mass is 35.5. The SMILES string of the molecule is Cc1ccc2c(c1)nc(C(C)Cl)n2C1CCOC1. The van der Waals surface area contributed by atoms with Gasteiger partial charge in [0.25, 0.3) is 0 Å². The summed E-state index contributed by atoms with van der Waals surface area (Å²) in [7, 11) is 0. The van der Waals surface area contributed by atoms with Gasteiger partial charge in [-0.05, 0) is 38.0 Å². The fraction of sp³-hybridized carbons (Fsp3) is 0.500. The van der Waals surface area contributed by atoms with E-state index in [0.29, 0.717) is 6.04 Å². The molecule has 3 rings (SSSR count). The van der Waals surface area contributed by atoms with Gasteiger partial charge in [-0.3, -0.25) is 0 Å². The van der Waals surface area contributed by atoms with Gasteiger partial charge in [0.1, 0.15) is 5.82 Å². The lowest BCUT2D eigenvalue weighted by Crippen LogP contribution is -2.12. The fourth-order valence-corrected chi connectivity index (χ4v) is 2.77. The van der Waals surface area contributed by atoms with Crippen LogP contribution in [0.4, 0.5) is 0 Å². The number of alkyl halides is 1. The van der Waals surface area contributed by atoms with Crippen molar-refractivity contribution in [2.24, 2.45) is 0 Å². The van der Waals surface area contributed by atoms with Crippen LogP contribution in [-0.4, -0.2) is 22.8 Å². The first kappa shape index (κ1) is 12.0. The molecule has 2 unspecified atom stereocenters. The van der Waals surface area contributed by atoms with Crippen molar-refractivity contribution in [1.82, 2.24) is 9.55 Å². The van der Waals surface area contributed by atoms with Gasteiger partial charge >= 0.3 is 0 Å². The summed E-state index contributed by atoms with van der Waals surface area (Å²) in [6, 6.07) is 6.75. The van der Waals surface area contributed by atoms with E-state index in [2.05, 4.69) is 29.7 Å². The average Bonchev–Trinajstić information content (AvgIpc) is 2.92. The minimum absolute atomic E-state index is 0.0849. The van der Waals surface area contributed by atoms with Crippen molar-refractivity contribution in [3.8, 4) is 0 Å². The molecule has 2 heterocycles. The number of hydrogen-bond donors (Lipinski definition) is 0. The van der Waals surface area contributed by atoms with E-state index in [1.165, 1.54) is 11.1 Å². The Morgan fingerprint density at radius 2 is 2.33 bits per heavy atom. The second kappa shape index (κ2) is 4.56. The molecule has 0 bridgehead atoms. The van der Waals surface area contributed by atoms with Gasteiger partial charge in [-0.1, -0.05) is 6.07 Å². The third-order valence-electron chi connectivity index (χ3n) is 3.50. The van der Waals surface area contributed by atoms with Crippen LogP contribution in [0.3, 0.4) is 0 Å². The predicted octanol–water partition coefficient (Wildman–Crippen LogP) is 3.61. The number of ether oxygens (including phenoxy) is 1. The lowest BCUT2D eigenvalue weighted by molar-refractivity contribution is 0.186. The zero-order valence-corrected chi connectivity index (χ0v) is 11.4. The summed E-state index contributed by atoms with van der Waals surface area (Å²) in [5.41, 5.74) is 3.42. The number of aryl methyl sites for hydroxylation is 1.